The van der Waals surface area contributed by atoms with Gasteiger partial charge in [-0.1, -0.05) is 30.3 Å². The molecule has 7 nitrogen and oxygen atoms in total. The fourth-order valence-corrected chi connectivity index (χ4v) is 1.76. The first-order valence-electron chi connectivity index (χ1n) is 5.71. The van der Waals surface area contributed by atoms with Gasteiger partial charge in [-0.05, 0) is 11.6 Å². The molecule has 1 aromatic rings. The molecule has 0 saturated heterocycles. The van der Waals surface area contributed by atoms with Crippen LogP contribution in [0, 0.1) is 0 Å². The lowest BCUT2D eigenvalue weighted by molar-refractivity contribution is -0.329. The van der Waals surface area contributed by atoms with Crippen LogP contribution in [0.5, 0.6) is 0 Å². The van der Waals surface area contributed by atoms with Crippen molar-refractivity contribution in [2.75, 3.05) is 0 Å². The van der Waals surface area contributed by atoms with Crippen LogP contribution in [-0.2, 0) is 4.74 Å². The first-order chi connectivity index (χ1) is 9.33. The smallest absolute Gasteiger partial charge is 0.344 e. The van der Waals surface area contributed by atoms with Crippen LogP contribution in [0.2, 0.25) is 0 Å². The molecule has 1 aliphatic heterocycles. The molecule has 0 unspecified atom stereocenters. The van der Waals surface area contributed by atoms with Crippen molar-refractivity contribution >= 4 is 6.08 Å². The molecule has 6 N–H and O–H groups in total. The Kier molecular flexibility index (Phi) is 3.69. The average molecular weight is 282 g/mol. The first-order valence-corrected chi connectivity index (χ1v) is 5.71. The molecule has 108 valence electrons. The predicted octanol–water partition coefficient (Wildman–Crippen LogP) is 0.311. The highest BCUT2D eigenvalue weighted by molar-refractivity contribution is 5.52. The summed E-state index contributed by atoms with van der Waals surface area (Å²) in [5.74, 6) is -5.86. The van der Waals surface area contributed by atoms with Crippen molar-refractivity contribution in [1.29, 1.82) is 0 Å². The summed E-state index contributed by atoms with van der Waals surface area (Å²) in [6, 6.07) is 8.52. The SMILES string of the molecule is OC(=Cc1ccccc1)[C@H](O)[C@H]1OC(O)(O)C(O)=C1O. The number of aliphatic hydroxyl groups is 6. The van der Waals surface area contributed by atoms with E-state index in [4.69, 9.17) is 0 Å². The summed E-state index contributed by atoms with van der Waals surface area (Å²) < 4.78 is 4.48. The number of hydrogen-bond acceptors (Lipinski definition) is 7. The van der Waals surface area contributed by atoms with E-state index in [1.165, 1.54) is 6.08 Å². The lowest BCUT2D eigenvalue weighted by atomic mass is 10.1. The summed E-state index contributed by atoms with van der Waals surface area (Å²) in [7, 11) is 0. The molecule has 7 heteroatoms. The number of hydrogen-bond donors (Lipinski definition) is 6. The van der Waals surface area contributed by atoms with Crippen LogP contribution < -0.4 is 0 Å². The van der Waals surface area contributed by atoms with Gasteiger partial charge in [-0.15, -0.1) is 0 Å². The minimum atomic E-state index is -3.09. The Morgan fingerprint density at radius 2 is 1.80 bits per heavy atom. The average Bonchev–Trinajstić information content (AvgIpc) is 2.62. The van der Waals surface area contributed by atoms with Crippen molar-refractivity contribution in [3.05, 3.63) is 53.2 Å². The fourth-order valence-electron chi connectivity index (χ4n) is 1.76. The summed E-state index contributed by atoms with van der Waals surface area (Å²) in [5.41, 5.74) is 0.578. The van der Waals surface area contributed by atoms with Gasteiger partial charge in [0.25, 0.3) is 0 Å². The summed E-state index contributed by atoms with van der Waals surface area (Å²) >= 11 is 0. The summed E-state index contributed by atoms with van der Waals surface area (Å²) in [5, 5.41) is 56.6. The summed E-state index contributed by atoms with van der Waals surface area (Å²) in [4.78, 5) is 0. The Bertz CT molecular complexity index is 547. The van der Waals surface area contributed by atoms with E-state index in [1.807, 2.05) is 0 Å². The van der Waals surface area contributed by atoms with E-state index in [9.17, 15) is 30.6 Å². The molecule has 0 aliphatic carbocycles. The second-order valence-corrected chi connectivity index (χ2v) is 4.31. The van der Waals surface area contributed by atoms with Gasteiger partial charge in [0, 0.05) is 0 Å². The van der Waals surface area contributed by atoms with Gasteiger partial charge < -0.3 is 35.4 Å². The lowest BCUT2D eigenvalue weighted by Crippen LogP contribution is -2.37. The molecule has 0 spiro atoms. The van der Waals surface area contributed by atoms with Crippen LogP contribution in [0.15, 0.2) is 47.6 Å². The molecule has 0 radical (unpaired) electrons. The Labute approximate surface area is 113 Å². The van der Waals surface area contributed by atoms with Crippen molar-refractivity contribution < 1.29 is 35.4 Å². The van der Waals surface area contributed by atoms with Crippen LogP contribution in [0.3, 0.4) is 0 Å². The molecule has 20 heavy (non-hydrogen) atoms. The van der Waals surface area contributed by atoms with Gasteiger partial charge in [-0.25, -0.2) is 0 Å². The van der Waals surface area contributed by atoms with Gasteiger partial charge >= 0.3 is 5.97 Å². The number of aliphatic hydroxyl groups excluding tert-OH is 4. The fraction of sp³-hybridized carbons (Fsp3) is 0.231. The highest BCUT2D eigenvalue weighted by atomic mass is 16.8. The second-order valence-electron chi connectivity index (χ2n) is 4.31. The van der Waals surface area contributed by atoms with Gasteiger partial charge in [0.1, 0.15) is 11.9 Å². The molecule has 0 bridgehead atoms. The Morgan fingerprint density at radius 3 is 2.30 bits per heavy atom. The number of rotatable bonds is 3. The maximum atomic E-state index is 9.83. The molecule has 2 atom stereocenters. The first kappa shape index (κ1) is 14.4. The maximum Gasteiger partial charge on any atom is 0.344 e. The molecule has 1 aliphatic rings. The summed E-state index contributed by atoms with van der Waals surface area (Å²) in [6.45, 7) is 0. The largest absolute Gasteiger partial charge is 0.509 e. The van der Waals surface area contributed by atoms with E-state index in [1.54, 1.807) is 30.3 Å². The summed E-state index contributed by atoms with van der Waals surface area (Å²) in [6.07, 6.45) is -2.25. The molecule has 0 aromatic heterocycles. The van der Waals surface area contributed by atoms with Crippen molar-refractivity contribution in [2.45, 2.75) is 18.2 Å². The zero-order valence-electron chi connectivity index (χ0n) is 10.2. The van der Waals surface area contributed by atoms with Crippen LogP contribution in [0.1, 0.15) is 5.56 Å². The van der Waals surface area contributed by atoms with Crippen molar-refractivity contribution in [3.63, 3.8) is 0 Å². The van der Waals surface area contributed by atoms with E-state index in [2.05, 4.69) is 4.74 Å². The van der Waals surface area contributed by atoms with E-state index in [0.717, 1.165) is 0 Å². The molecule has 1 heterocycles. The number of ether oxygens (including phenoxy) is 1. The predicted molar refractivity (Wildman–Crippen MR) is 67.4 cm³/mol. The molecule has 0 fully saturated rings. The van der Waals surface area contributed by atoms with E-state index in [0.29, 0.717) is 5.56 Å². The van der Waals surface area contributed by atoms with E-state index < -0.39 is 35.5 Å². The Hall–Kier alpha value is -2.06. The van der Waals surface area contributed by atoms with Gasteiger partial charge in [0.05, 0.1) is 0 Å². The van der Waals surface area contributed by atoms with Crippen molar-refractivity contribution in [2.24, 2.45) is 0 Å². The normalized spacial score (nSPS) is 23.9. The quantitative estimate of drug-likeness (QED) is 0.347. The van der Waals surface area contributed by atoms with Gasteiger partial charge in [-0.2, -0.15) is 0 Å². The molecule has 0 saturated carbocycles. The van der Waals surface area contributed by atoms with Crippen LogP contribution in [0.4, 0.5) is 0 Å². The van der Waals surface area contributed by atoms with Crippen LogP contribution in [-0.4, -0.2) is 48.8 Å². The minimum absolute atomic E-state index is 0.571. The topological polar surface area (TPSA) is 131 Å². The molecular formula is C13H14O7. The van der Waals surface area contributed by atoms with Gasteiger partial charge in [0.15, 0.2) is 11.9 Å². The second kappa shape index (κ2) is 5.14. The zero-order valence-corrected chi connectivity index (χ0v) is 10.2. The molecule has 1 aromatic carbocycles. The van der Waals surface area contributed by atoms with Crippen molar-refractivity contribution in [3.8, 4) is 0 Å². The molecule has 0 amide bonds. The molecule has 2 rings (SSSR count). The highest BCUT2D eigenvalue weighted by Crippen LogP contribution is 2.32. The third-order valence-corrected chi connectivity index (χ3v) is 2.82. The standard InChI is InChI=1S/C13H14O7/c14-8(6-7-4-2-1-3-5-7)9(15)11-10(16)12(17)13(18,19)20-11/h1-6,9,11,14-19H/t9-,11+/m0/s1. The molecular weight excluding hydrogens is 268 g/mol. The lowest BCUT2D eigenvalue weighted by Gasteiger charge is -2.20. The van der Waals surface area contributed by atoms with Crippen LogP contribution >= 0.6 is 0 Å². The minimum Gasteiger partial charge on any atom is -0.509 e. The van der Waals surface area contributed by atoms with E-state index >= 15 is 0 Å². The monoisotopic (exact) mass is 282 g/mol. The third-order valence-electron chi connectivity index (χ3n) is 2.82. The third kappa shape index (κ3) is 2.61. The van der Waals surface area contributed by atoms with Gasteiger partial charge in [-0.3, -0.25) is 0 Å². The van der Waals surface area contributed by atoms with Gasteiger partial charge in [0.2, 0.25) is 5.76 Å². The number of benzene rings is 1. The Morgan fingerprint density at radius 1 is 1.20 bits per heavy atom. The van der Waals surface area contributed by atoms with Crippen LogP contribution in [0.25, 0.3) is 6.08 Å². The van der Waals surface area contributed by atoms with E-state index in [-0.39, 0.29) is 0 Å². The highest BCUT2D eigenvalue weighted by Gasteiger charge is 2.49. The van der Waals surface area contributed by atoms with Crippen molar-refractivity contribution in [1.82, 2.24) is 0 Å². The Balaban J connectivity index is 2.21. The maximum absolute atomic E-state index is 9.83. The zero-order chi connectivity index (χ0) is 14.9.